The van der Waals surface area contributed by atoms with Gasteiger partial charge >= 0.3 is 5.97 Å². The Labute approximate surface area is 92.6 Å². The second-order valence-electron chi connectivity index (χ2n) is 4.65. The zero-order valence-electron chi connectivity index (χ0n) is 10.1. The maximum Gasteiger partial charge on any atom is 0.306 e. The SMILES string of the molecule is COC(=O)CCNC1CCCC(C)C1C. The molecule has 3 nitrogen and oxygen atoms in total. The van der Waals surface area contributed by atoms with E-state index in [2.05, 4.69) is 23.9 Å². The molecule has 1 N–H and O–H groups in total. The van der Waals surface area contributed by atoms with Gasteiger partial charge in [-0.3, -0.25) is 4.79 Å². The van der Waals surface area contributed by atoms with Gasteiger partial charge in [0.15, 0.2) is 0 Å². The number of ether oxygens (including phenoxy) is 1. The lowest BCUT2D eigenvalue weighted by atomic mass is 9.78. The first kappa shape index (κ1) is 12.5. The molecule has 0 aromatic rings. The van der Waals surface area contributed by atoms with Crippen molar-refractivity contribution in [1.29, 1.82) is 0 Å². The van der Waals surface area contributed by atoms with Crippen molar-refractivity contribution in [2.45, 2.75) is 45.6 Å². The van der Waals surface area contributed by atoms with E-state index in [-0.39, 0.29) is 5.97 Å². The van der Waals surface area contributed by atoms with Crippen LogP contribution >= 0.6 is 0 Å². The number of hydrogen-bond donors (Lipinski definition) is 1. The van der Waals surface area contributed by atoms with Crippen LogP contribution in [0.2, 0.25) is 0 Å². The van der Waals surface area contributed by atoms with Gasteiger partial charge in [-0.25, -0.2) is 0 Å². The van der Waals surface area contributed by atoms with Crippen LogP contribution in [0.1, 0.15) is 39.5 Å². The predicted octanol–water partition coefficient (Wildman–Crippen LogP) is 1.96. The fourth-order valence-electron chi connectivity index (χ4n) is 2.33. The Balaban J connectivity index is 2.22. The Hall–Kier alpha value is -0.570. The van der Waals surface area contributed by atoms with Crippen molar-refractivity contribution in [2.75, 3.05) is 13.7 Å². The summed E-state index contributed by atoms with van der Waals surface area (Å²) in [5.74, 6) is 1.39. The van der Waals surface area contributed by atoms with Crippen molar-refractivity contribution >= 4 is 5.97 Å². The van der Waals surface area contributed by atoms with E-state index >= 15 is 0 Å². The molecule has 0 bridgehead atoms. The summed E-state index contributed by atoms with van der Waals surface area (Å²) in [6, 6.07) is 0.582. The monoisotopic (exact) mass is 213 g/mol. The lowest BCUT2D eigenvalue weighted by Crippen LogP contribution is -2.41. The zero-order valence-corrected chi connectivity index (χ0v) is 10.1. The predicted molar refractivity (Wildman–Crippen MR) is 60.6 cm³/mol. The average molecular weight is 213 g/mol. The number of carbonyl (C=O) groups excluding carboxylic acids is 1. The normalized spacial score (nSPS) is 31.3. The summed E-state index contributed by atoms with van der Waals surface area (Å²) in [6.07, 6.45) is 4.37. The molecule has 0 amide bonds. The van der Waals surface area contributed by atoms with Crippen LogP contribution < -0.4 is 5.32 Å². The third kappa shape index (κ3) is 3.82. The molecule has 15 heavy (non-hydrogen) atoms. The molecule has 1 rings (SSSR count). The molecule has 1 aliphatic rings. The summed E-state index contributed by atoms with van der Waals surface area (Å²) in [5, 5.41) is 3.47. The number of nitrogens with one attached hydrogen (secondary N) is 1. The maximum atomic E-state index is 10.9. The molecular weight excluding hydrogens is 190 g/mol. The maximum absolute atomic E-state index is 10.9. The van der Waals surface area contributed by atoms with Gasteiger partial charge in [0, 0.05) is 12.6 Å². The molecule has 0 radical (unpaired) electrons. The van der Waals surface area contributed by atoms with Gasteiger partial charge in [-0.1, -0.05) is 26.7 Å². The van der Waals surface area contributed by atoms with Gasteiger partial charge in [0.2, 0.25) is 0 Å². The second-order valence-corrected chi connectivity index (χ2v) is 4.65. The number of carbonyl (C=O) groups is 1. The fourth-order valence-corrected chi connectivity index (χ4v) is 2.33. The second kappa shape index (κ2) is 6.11. The van der Waals surface area contributed by atoms with Crippen LogP contribution in [-0.2, 0) is 9.53 Å². The van der Waals surface area contributed by atoms with Crippen molar-refractivity contribution in [3.63, 3.8) is 0 Å². The summed E-state index contributed by atoms with van der Waals surface area (Å²) >= 11 is 0. The van der Waals surface area contributed by atoms with Crippen molar-refractivity contribution < 1.29 is 9.53 Å². The van der Waals surface area contributed by atoms with Gasteiger partial charge in [0.05, 0.1) is 13.5 Å². The topological polar surface area (TPSA) is 38.3 Å². The highest BCUT2D eigenvalue weighted by atomic mass is 16.5. The molecule has 0 spiro atoms. The Morgan fingerprint density at radius 1 is 1.40 bits per heavy atom. The van der Waals surface area contributed by atoms with E-state index in [9.17, 15) is 4.79 Å². The quantitative estimate of drug-likeness (QED) is 0.726. The summed E-state index contributed by atoms with van der Waals surface area (Å²) in [4.78, 5) is 10.9. The number of methoxy groups -OCH3 is 1. The number of rotatable bonds is 4. The minimum atomic E-state index is -0.126. The molecule has 0 saturated heterocycles. The average Bonchev–Trinajstić information content (AvgIpc) is 2.24. The van der Waals surface area contributed by atoms with Gasteiger partial charge in [-0.2, -0.15) is 0 Å². The molecule has 1 fully saturated rings. The van der Waals surface area contributed by atoms with E-state index in [1.807, 2.05) is 0 Å². The summed E-state index contributed by atoms with van der Waals surface area (Å²) in [5.41, 5.74) is 0. The number of esters is 1. The Morgan fingerprint density at radius 3 is 2.80 bits per heavy atom. The highest BCUT2D eigenvalue weighted by Crippen LogP contribution is 2.29. The first-order valence-corrected chi connectivity index (χ1v) is 5.95. The molecule has 1 saturated carbocycles. The van der Waals surface area contributed by atoms with Crippen LogP contribution in [0, 0.1) is 11.8 Å². The zero-order chi connectivity index (χ0) is 11.3. The molecule has 0 aliphatic heterocycles. The minimum Gasteiger partial charge on any atom is -0.469 e. The van der Waals surface area contributed by atoms with E-state index in [4.69, 9.17) is 0 Å². The van der Waals surface area contributed by atoms with Crippen molar-refractivity contribution in [2.24, 2.45) is 11.8 Å². The lowest BCUT2D eigenvalue weighted by Gasteiger charge is -2.34. The van der Waals surface area contributed by atoms with Gasteiger partial charge in [0.25, 0.3) is 0 Å². The van der Waals surface area contributed by atoms with E-state index in [1.54, 1.807) is 0 Å². The largest absolute Gasteiger partial charge is 0.469 e. The molecule has 3 heteroatoms. The van der Waals surface area contributed by atoms with E-state index in [1.165, 1.54) is 26.4 Å². The van der Waals surface area contributed by atoms with Crippen LogP contribution in [0.25, 0.3) is 0 Å². The van der Waals surface area contributed by atoms with Crippen LogP contribution in [0.15, 0.2) is 0 Å². The Kier molecular flexibility index (Phi) is 5.09. The molecule has 88 valence electrons. The smallest absolute Gasteiger partial charge is 0.306 e. The van der Waals surface area contributed by atoms with Crippen LogP contribution in [-0.4, -0.2) is 25.7 Å². The number of hydrogen-bond acceptors (Lipinski definition) is 3. The standard InChI is InChI=1S/C12H23NO2/c1-9-5-4-6-11(10(9)2)13-8-7-12(14)15-3/h9-11,13H,4-8H2,1-3H3. The Morgan fingerprint density at radius 2 is 2.13 bits per heavy atom. The van der Waals surface area contributed by atoms with Crippen molar-refractivity contribution in [3.05, 3.63) is 0 Å². The van der Waals surface area contributed by atoms with Gasteiger partial charge in [-0.05, 0) is 18.3 Å². The Bertz CT molecular complexity index is 206. The highest BCUT2D eigenvalue weighted by Gasteiger charge is 2.26. The van der Waals surface area contributed by atoms with E-state index in [0.717, 1.165) is 18.4 Å². The summed E-state index contributed by atoms with van der Waals surface area (Å²) in [6.45, 7) is 5.37. The van der Waals surface area contributed by atoms with Gasteiger partial charge in [0.1, 0.15) is 0 Å². The molecule has 1 aliphatic carbocycles. The van der Waals surface area contributed by atoms with Gasteiger partial charge in [-0.15, -0.1) is 0 Å². The van der Waals surface area contributed by atoms with E-state index < -0.39 is 0 Å². The molecule has 3 atom stereocenters. The molecule has 0 aromatic heterocycles. The third-order valence-corrected chi connectivity index (χ3v) is 3.67. The lowest BCUT2D eigenvalue weighted by molar-refractivity contribution is -0.140. The minimum absolute atomic E-state index is 0.126. The van der Waals surface area contributed by atoms with E-state index in [0.29, 0.717) is 12.5 Å². The molecular formula is C12H23NO2. The summed E-state index contributed by atoms with van der Waals surface area (Å²) in [7, 11) is 1.44. The van der Waals surface area contributed by atoms with Crippen LogP contribution in [0.5, 0.6) is 0 Å². The molecule has 3 unspecified atom stereocenters. The van der Waals surface area contributed by atoms with Crippen LogP contribution in [0.3, 0.4) is 0 Å². The van der Waals surface area contributed by atoms with Crippen LogP contribution in [0.4, 0.5) is 0 Å². The van der Waals surface area contributed by atoms with Crippen molar-refractivity contribution in [1.82, 2.24) is 5.32 Å². The molecule has 0 heterocycles. The molecule has 0 aromatic carbocycles. The van der Waals surface area contributed by atoms with Crippen molar-refractivity contribution in [3.8, 4) is 0 Å². The van der Waals surface area contributed by atoms with Gasteiger partial charge < -0.3 is 10.1 Å². The third-order valence-electron chi connectivity index (χ3n) is 3.67. The first-order valence-electron chi connectivity index (χ1n) is 5.95. The first-order chi connectivity index (χ1) is 7.15. The highest BCUT2D eigenvalue weighted by molar-refractivity contribution is 5.69. The fraction of sp³-hybridized carbons (Fsp3) is 0.917. The summed E-state index contributed by atoms with van der Waals surface area (Å²) < 4.78 is 4.61.